The van der Waals surface area contributed by atoms with Gasteiger partial charge in [0.1, 0.15) is 0 Å². The van der Waals surface area contributed by atoms with Crippen LogP contribution in [0, 0.1) is 0 Å². The van der Waals surface area contributed by atoms with Crippen molar-refractivity contribution < 1.29 is 9.59 Å². The largest absolute Gasteiger partial charge is 0.322 e. The second-order valence-electron chi connectivity index (χ2n) is 6.16. The van der Waals surface area contributed by atoms with E-state index in [0.29, 0.717) is 32.0 Å². The van der Waals surface area contributed by atoms with E-state index in [4.69, 9.17) is 11.6 Å². The zero-order valence-corrected chi connectivity index (χ0v) is 17.8. The number of benzene rings is 3. The maximum atomic E-state index is 12.3. The summed E-state index contributed by atoms with van der Waals surface area (Å²) in [5.41, 5.74) is 5.69. The lowest BCUT2D eigenvalue weighted by molar-refractivity contribution is 0.0953. The Labute approximate surface area is 181 Å². The van der Waals surface area contributed by atoms with Crippen LogP contribution in [0.2, 0.25) is 5.02 Å². The average molecular weight is 471 g/mol. The Hall–Kier alpha value is -2.96. The zero-order chi connectivity index (χ0) is 20.8. The minimum atomic E-state index is -0.302. The number of amides is 2. The van der Waals surface area contributed by atoms with E-state index >= 15 is 0 Å². The summed E-state index contributed by atoms with van der Waals surface area (Å²) in [4.78, 5) is 24.5. The second kappa shape index (κ2) is 9.49. The van der Waals surface area contributed by atoms with Gasteiger partial charge in [-0.3, -0.25) is 9.59 Å². The molecule has 2 amide bonds. The monoisotopic (exact) mass is 469 g/mol. The molecule has 29 heavy (non-hydrogen) atoms. The molecule has 0 unspecified atom stereocenters. The number of hydrogen-bond acceptors (Lipinski definition) is 3. The van der Waals surface area contributed by atoms with E-state index < -0.39 is 0 Å². The summed E-state index contributed by atoms with van der Waals surface area (Å²) in [5.74, 6) is -0.524. The molecule has 146 valence electrons. The van der Waals surface area contributed by atoms with E-state index in [1.54, 1.807) is 61.5 Å². The standard InChI is InChI=1S/C22H17BrClN3O2/c1-14(26-27-22(29)19-4-2-3-5-20(19)23)15-8-12-18(13-9-15)25-21(28)16-6-10-17(24)11-7-16/h2-13H,1H3,(H,25,28)(H,27,29)/b26-14+. The van der Waals surface area contributed by atoms with Gasteiger partial charge >= 0.3 is 0 Å². The molecule has 0 fully saturated rings. The molecule has 3 rings (SSSR count). The summed E-state index contributed by atoms with van der Waals surface area (Å²) in [6.45, 7) is 1.79. The van der Waals surface area contributed by atoms with E-state index in [1.165, 1.54) is 0 Å². The van der Waals surface area contributed by atoms with Gasteiger partial charge in [0.05, 0.1) is 11.3 Å². The smallest absolute Gasteiger partial charge is 0.272 e. The van der Waals surface area contributed by atoms with E-state index in [-0.39, 0.29) is 11.8 Å². The molecule has 0 spiro atoms. The van der Waals surface area contributed by atoms with Crippen LogP contribution in [0.3, 0.4) is 0 Å². The van der Waals surface area contributed by atoms with E-state index in [2.05, 4.69) is 31.8 Å². The van der Waals surface area contributed by atoms with Gasteiger partial charge in [0.15, 0.2) is 0 Å². The predicted octanol–water partition coefficient (Wildman–Crippen LogP) is 5.51. The molecule has 2 N–H and O–H groups in total. The van der Waals surface area contributed by atoms with Crippen LogP contribution in [0.5, 0.6) is 0 Å². The maximum absolute atomic E-state index is 12.3. The van der Waals surface area contributed by atoms with Crippen molar-refractivity contribution in [2.24, 2.45) is 5.10 Å². The van der Waals surface area contributed by atoms with Crippen LogP contribution < -0.4 is 10.7 Å². The van der Waals surface area contributed by atoms with Gasteiger partial charge in [0.25, 0.3) is 11.8 Å². The molecular weight excluding hydrogens is 454 g/mol. The first-order valence-corrected chi connectivity index (χ1v) is 9.87. The van der Waals surface area contributed by atoms with E-state index in [1.807, 2.05) is 18.2 Å². The van der Waals surface area contributed by atoms with Crippen LogP contribution in [0.15, 0.2) is 82.4 Å². The Morgan fingerprint density at radius 2 is 1.48 bits per heavy atom. The number of carbonyl (C=O) groups excluding carboxylic acids is 2. The normalized spacial score (nSPS) is 11.1. The van der Waals surface area contributed by atoms with Gasteiger partial charge in [-0.2, -0.15) is 5.10 Å². The number of rotatable bonds is 5. The van der Waals surface area contributed by atoms with Crippen molar-refractivity contribution in [2.75, 3.05) is 5.32 Å². The number of hydrogen-bond donors (Lipinski definition) is 2. The SMILES string of the molecule is C/C(=N\NC(=O)c1ccccc1Br)c1ccc(NC(=O)c2ccc(Cl)cc2)cc1. The molecule has 5 nitrogen and oxygen atoms in total. The summed E-state index contributed by atoms with van der Waals surface area (Å²) in [7, 11) is 0. The van der Waals surface area contributed by atoms with Crippen LogP contribution in [-0.4, -0.2) is 17.5 Å². The van der Waals surface area contributed by atoms with Crippen molar-refractivity contribution >= 4 is 50.7 Å². The third kappa shape index (κ3) is 5.53. The Bertz CT molecular complexity index is 1060. The number of carbonyl (C=O) groups is 2. The molecule has 0 aliphatic heterocycles. The molecule has 0 atom stereocenters. The summed E-state index contributed by atoms with van der Waals surface area (Å²) in [6, 6.07) is 21.0. The van der Waals surface area contributed by atoms with Crippen molar-refractivity contribution in [3.8, 4) is 0 Å². The summed E-state index contributed by atoms with van der Waals surface area (Å²) < 4.78 is 0.700. The Kier molecular flexibility index (Phi) is 6.80. The second-order valence-corrected chi connectivity index (χ2v) is 7.45. The lowest BCUT2D eigenvalue weighted by atomic mass is 10.1. The van der Waals surface area contributed by atoms with Crippen LogP contribution in [0.4, 0.5) is 5.69 Å². The highest BCUT2D eigenvalue weighted by molar-refractivity contribution is 9.10. The van der Waals surface area contributed by atoms with Gasteiger partial charge in [-0.15, -0.1) is 0 Å². The molecule has 0 aliphatic carbocycles. The fourth-order valence-corrected chi connectivity index (χ4v) is 3.09. The van der Waals surface area contributed by atoms with E-state index in [0.717, 1.165) is 5.56 Å². The van der Waals surface area contributed by atoms with Crippen LogP contribution in [-0.2, 0) is 0 Å². The van der Waals surface area contributed by atoms with Gasteiger partial charge in [-0.05, 0) is 76.9 Å². The van der Waals surface area contributed by atoms with Gasteiger partial charge in [0.2, 0.25) is 0 Å². The van der Waals surface area contributed by atoms with Crippen molar-refractivity contribution in [3.05, 3.63) is 99.0 Å². The number of anilines is 1. The maximum Gasteiger partial charge on any atom is 0.272 e. The zero-order valence-electron chi connectivity index (χ0n) is 15.4. The molecule has 0 heterocycles. The number of hydrazone groups is 1. The molecule has 3 aromatic rings. The lowest BCUT2D eigenvalue weighted by Gasteiger charge is -2.07. The quantitative estimate of drug-likeness (QED) is 0.381. The number of nitrogens with zero attached hydrogens (tertiary/aromatic N) is 1. The third-order valence-corrected chi connectivity index (χ3v) is 5.05. The average Bonchev–Trinajstić information content (AvgIpc) is 2.73. The molecule has 7 heteroatoms. The fraction of sp³-hybridized carbons (Fsp3) is 0.0455. The van der Waals surface area contributed by atoms with Crippen LogP contribution in [0.25, 0.3) is 0 Å². The molecule has 0 saturated heterocycles. The highest BCUT2D eigenvalue weighted by atomic mass is 79.9. The fourth-order valence-electron chi connectivity index (χ4n) is 2.50. The summed E-state index contributed by atoms with van der Waals surface area (Å²) >= 11 is 9.19. The highest BCUT2D eigenvalue weighted by Gasteiger charge is 2.09. The van der Waals surface area contributed by atoms with Crippen molar-refractivity contribution in [3.63, 3.8) is 0 Å². The molecule has 0 aromatic heterocycles. The van der Waals surface area contributed by atoms with Gasteiger partial charge in [0, 0.05) is 20.7 Å². The Balaban J connectivity index is 1.63. The van der Waals surface area contributed by atoms with Crippen molar-refractivity contribution in [1.82, 2.24) is 5.43 Å². The molecule has 0 aliphatic rings. The van der Waals surface area contributed by atoms with E-state index in [9.17, 15) is 9.59 Å². The van der Waals surface area contributed by atoms with Gasteiger partial charge < -0.3 is 5.32 Å². The molecule has 0 saturated carbocycles. The number of halogens is 2. The predicted molar refractivity (Wildman–Crippen MR) is 120 cm³/mol. The molecular formula is C22H17BrClN3O2. The number of nitrogens with one attached hydrogen (secondary N) is 2. The topological polar surface area (TPSA) is 70.6 Å². The Morgan fingerprint density at radius 3 is 2.14 bits per heavy atom. The minimum absolute atomic E-state index is 0.222. The third-order valence-electron chi connectivity index (χ3n) is 4.11. The van der Waals surface area contributed by atoms with Crippen molar-refractivity contribution in [1.29, 1.82) is 0 Å². The first-order chi connectivity index (χ1) is 13.9. The van der Waals surface area contributed by atoms with Gasteiger partial charge in [-0.1, -0.05) is 35.9 Å². The summed E-state index contributed by atoms with van der Waals surface area (Å²) in [6.07, 6.45) is 0. The van der Waals surface area contributed by atoms with Crippen LogP contribution in [0.1, 0.15) is 33.2 Å². The minimum Gasteiger partial charge on any atom is -0.322 e. The first-order valence-electron chi connectivity index (χ1n) is 8.70. The molecule has 0 radical (unpaired) electrons. The first kappa shape index (κ1) is 20.8. The summed E-state index contributed by atoms with van der Waals surface area (Å²) in [5, 5.41) is 7.56. The van der Waals surface area contributed by atoms with Crippen LogP contribution >= 0.6 is 27.5 Å². The molecule has 0 bridgehead atoms. The Morgan fingerprint density at radius 1 is 0.862 bits per heavy atom. The molecule has 3 aromatic carbocycles. The van der Waals surface area contributed by atoms with Crippen molar-refractivity contribution in [2.45, 2.75) is 6.92 Å². The lowest BCUT2D eigenvalue weighted by Crippen LogP contribution is -2.19. The van der Waals surface area contributed by atoms with Gasteiger partial charge in [-0.25, -0.2) is 5.43 Å². The highest BCUT2D eigenvalue weighted by Crippen LogP contribution is 2.16.